The summed E-state index contributed by atoms with van der Waals surface area (Å²) in [6.07, 6.45) is 0.135. The van der Waals surface area contributed by atoms with Gasteiger partial charge in [0.2, 0.25) is 0 Å². The smallest absolute Gasteiger partial charge is 0.273 e. The molecule has 2 rings (SSSR count). The summed E-state index contributed by atoms with van der Waals surface area (Å²) >= 11 is 3.41. The molecule has 0 aromatic heterocycles. The molecule has 7 heteroatoms. The van der Waals surface area contributed by atoms with Crippen LogP contribution in [0.5, 0.6) is 0 Å². The number of ether oxygens (including phenoxy) is 1. The van der Waals surface area contributed by atoms with E-state index in [2.05, 4.69) is 26.1 Å². The highest BCUT2D eigenvalue weighted by atomic mass is 79.9. The summed E-state index contributed by atoms with van der Waals surface area (Å²) in [4.78, 5) is 12.6. The number of rotatable bonds is 4. The van der Waals surface area contributed by atoms with Gasteiger partial charge < -0.3 is 15.0 Å². The first-order valence-corrected chi connectivity index (χ1v) is 7.26. The fourth-order valence-electron chi connectivity index (χ4n) is 2.29. The van der Waals surface area contributed by atoms with Crippen molar-refractivity contribution in [1.29, 1.82) is 0 Å². The monoisotopic (exact) mass is 343 g/mol. The maximum Gasteiger partial charge on any atom is 0.273 e. The Balaban J connectivity index is 2.14. The fraction of sp³-hybridized carbons (Fsp3) is 0.538. The predicted octanol–water partition coefficient (Wildman–Crippen LogP) is 2.09. The van der Waals surface area contributed by atoms with Crippen LogP contribution in [-0.4, -0.2) is 44.3 Å². The van der Waals surface area contributed by atoms with Gasteiger partial charge in [0.15, 0.2) is 0 Å². The van der Waals surface area contributed by atoms with Gasteiger partial charge in [-0.25, -0.2) is 0 Å². The third-order valence-corrected chi connectivity index (χ3v) is 3.99. The second kappa shape index (κ2) is 6.51. The summed E-state index contributed by atoms with van der Waals surface area (Å²) in [5.74, 6) is 0. The van der Waals surface area contributed by atoms with E-state index in [1.807, 2.05) is 13.1 Å². The SMILES string of the molecule is Cc1cc(N(C)CC2CNCCO2)c(Br)cc1[N+](=O)[O-]. The van der Waals surface area contributed by atoms with Gasteiger partial charge >= 0.3 is 0 Å². The van der Waals surface area contributed by atoms with E-state index in [0.717, 1.165) is 36.4 Å². The number of nitro groups is 1. The molecule has 0 spiro atoms. The molecule has 1 saturated heterocycles. The Labute approximate surface area is 126 Å². The van der Waals surface area contributed by atoms with Crippen molar-refractivity contribution in [2.45, 2.75) is 13.0 Å². The van der Waals surface area contributed by atoms with E-state index in [0.29, 0.717) is 5.56 Å². The molecule has 1 atom stereocenters. The van der Waals surface area contributed by atoms with Crippen LogP contribution in [-0.2, 0) is 4.74 Å². The van der Waals surface area contributed by atoms with Gasteiger partial charge in [-0.05, 0) is 28.9 Å². The van der Waals surface area contributed by atoms with Gasteiger partial charge in [-0.1, -0.05) is 0 Å². The van der Waals surface area contributed by atoms with Crippen LogP contribution >= 0.6 is 15.9 Å². The van der Waals surface area contributed by atoms with Gasteiger partial charge in [-0.3, -0.25) is 10.1 Å². The highest BCUT2D eigenvalue weighted by Crippen LogP contribution is 2.32. The molecule has 1 fully saturated rings. The van der Waals surface area contributed by atoms with Gasteiger partial charge in [-0.2, -0.15) is 0 Å². The first-order valence-electron chi connectivity index (χ1n) is 6.47. The van der Waals surface area contributed by atoms with Crippen molar-refractivity contribution in [2.24, 2.45) is 0 Å². The Bertz CT molecular complexity index is 504. The largest absolute Gasteiger partial charge is 0.374 e. The zero-order valence-corrected chi connectivity index (χ0v) is 13.1. The molecular weight excluding hydrogens is 326 g/mol. The second-order valence-electron chi connectivity index (χ2n) is 4.92. The average Bonchev–Trinajstić information content (AvgIpc) is 2.41. The maximum atomic E-state index is 10.9. The summed E-state index contributed by atoms with van der Waals surface area (Å²) in [6.45, 7) is 4.93. The quantitative estimate of drug-likeness (QED) is 0.669. The minimum atomic E-state index is -0.363. The number of anilines is 1. The molecule has 1 N–H and O–H groups in total. The Kier molecular flexibility index (Phi) is 4.95. The number of hydrogen-bond donors (Lipinski definition) is 1. The Morgan fingerprint density at radius 2 is 2.35 bits per heavy atom. The number of halogens is 1. The van der Waals surface area contributed by atoms with E-state index < -0.39 is 0 Å². The van der Waals surface area contributed by atoms with Gasteiger partial charge in [0.1, 0.15) is 0 Å². The molecule has 1 unspecified atom stereocenters. The predicted molar refractivity (Wildman–Crippen MR) is 81.4 cm³/mol. The third-order valence-electron chi connectivity index (χ3n) is 3.36. The van der Waals surface area contributed by atoms with Crippen LogP contribution in [0.2, 0.25) is 0 Å². The van der Waals surface area contributed by atoms with Crippen LogP contribution in [0.25, 0.3) is 0 Å². The van der Waals surface area contributed by atoms with Crippen LogP contribution < -0.4 is 10.2 Å². The molecule has 1 aromatic carbocycles. The minimum absolute atomic E-state index is 0.129. The Morgan fingerprint density at radius 3 is 2.95 bits per heavy atom. The topological polar surface area (TPSA) is 67.6 Å². The number of aryl methyl sites for hydroxylation is 1. The van der Waals surface area contributed by atoms with Crippen LogP contribution in [0.3, 0.4) is 0 Å². The van der Waals surface area contributed by atoms with Crippen molar-refractivity contribution in [2.75, 3.05) is 38.2 Å². The molecule has 1 aliphatic heterocycles. The molecule has 0 bridgehead atoms. The number of likely N-dealkylation sites (N-methyl/N-ethyl adjacent to an activating group) is 1. The molecule has 0 saturated carbocycles. The lowest BCUT2D eigenvalue weighted by atomic mass is 10.1. The van der Waals surface area contributed by atoms with Crippen LogP contribution in [0.15, 0.2) is 16.6 Å². The van der Waals surface area contributed by atoms with E-state index >= 15 is 0 Å². The van der Waals surface area contributed by atoms with E-state index in [1.54, 1.807) is 13.0 Å². The molecule has 0 aliphatic carbocycles. The number of nitro benzene ring substituents is 1. The number of morpholine rings is 1. The molecule has 110 valence electrons. The lowest BCUT2D eigenvalue weighted by Crippen LogP contribution is -2.44. The van der Waals surface area contributed by atoms with Crippen LogP contribution in [0.1, 0.15) is 5.56 Å². The average molecular weight is 344 g/mol. The Hall–Kier alpha value is -1.18. The minimum Gasteiger partial charge on any atom is -0.374 e. The van der Waals surface area contributed by atoms with E-state index in [9.17, 15) is 10.1 Å². The van der Waals surface area contributed by atoms with Gasteiger partial charge in [0.25, 0.3) is 5.69 Å². The summed E-state index contributed by atoms with van der Waals surface area (Å²) in [7, 11) is 1.96. The van der Waals surface area contributed by atoms with E-state index in [4.69, 9.17) is 4.74 Å². The molecule has 1 aromatic rings. The maximum absolute atomic E-state index is 10.9. The second-order valence-corrected chi connectivity index (χ2v) is 5.78. The normalized spacial score (nSPS) is 18.9. The van der Waals surface area contributed by atoms with Crippen molar-refractivity contribution in [1.82, 2.24) is 5.32 Å². The first-order chi connectivity index (χ1) is 9.49. The summed E-state index contributed by atoms with van der Waals surface area (Å²) in [5.41, 5.74) is 1.72. The lowest BCUT2D eigenvalue weighted by molar-refractivity contribution is -0.385. The van der Waals surface area contributed by atoms with Crippen LogP contribution in [0, 0.1) is 17.0 Å². The highest BCUT2D eigenvalue weighted by Gasteiger charge is 2.20. The van der Waals surface area contributed by atoms with Gasteiger partial charge in [0, 0.05) is 42.8 Å². The van der Waals surface area contributed by atoms with Crippen molar-refractivity contribution in [3.8, 4) is 0 Å². The number of nitrogens with one attached hydrogen (secondary N) is 1. The molecule has 1 aliphatic rings. The number of hydrogen-bond acceptors (Lipinski definition) is 5. The third kappa shape index (κ3) is 3.47. The first kappa shape index (κ1) is 15.2. The zero-order chi connectivity index (χ0) is 14.7. The van der Waals surface area contributed by atoms with Crippen molar-refractivity contribution in [3.05, 3.63) is 32.3 Å². The fourth-order valence-corrected chi connectivity index (χ4v) is 2.92. The molecule has 1 heterocycles. The highest BCUT2D eigenvalue weighted by molar-refractivity contribution is 9.10. The lowest BCUT2D eigenvalue weighted by Gasteiger charge is -2.29. The number of nitrogens with zero attached hydrogens (tertiary/aromatic N) is 2. The van der Waals surface area contributed by atoms with Gasteiger partial charge in [-0.15, -0.1) is 0 Å². The standard InChI is InChI=1S/C13H18BrN3O3/c1-9-5-13(11(14)6-12(9)17(18)19)16(2)8-10-7-15-3-4-20-10/h5-6,10,15H,3-4,7-8H2,1-2H3. The summed E-state index contributed by atoms with van der Waals surface area (Å²) < 4.78 is 6.40. The molecule has 0 amide bonds. The van der Waals surface area contributed by atoms with E-state index in [-0.39, 0.29) is 16.7 Å². The molecule has 20 heavy (non-hydrogen) atoms. The molecule has 6 nitrogen and oxygen atoms in total. The van der Waals surface area contributed by atoms with E-state index in [1.165, 1.54) is 0 Å². The summed E-state index contributed by atoms with van der Waals surface area (Å²) in [6, 6.07) is 3.39. The Morgan fingerprint density at radius 1 is 1.60 bits per heavy atom. The van der Waals surface area contributed by atoms with Crippen LogP contribution in [0.4, 0.5) is 11.4 Å². The molecule has 0 radical (unpaired) electrons. The number of benzene rings is 1. The van der Waals surface area contributed by atoms with Crippen molar-refractivity contribution >= 4 is 27.3 Å². The zero-order valence-electron chi connectivity index (χ0n) is 11.6. The van der Waals surface area contributed by atoms with Crippen molar-refractivity contribution in [3.63, 3.8) is 0 Å². The molecular formula is C13H18BrN3O3. The van der Waals surface area contributed by atoms with Gasteiger partial charge in [0.05, 0.1) is 23.3 Å². The summed E-state index contributed by atoms with van der Waals surface area (Å²) in [5, 5.41) is 14.2. The van der Waals surface area contributed by atoms with Crippen molar-refractivity contribution < 1.29 is 9.66 Å².